The summed E-state index contributed by atoms with van der Waals surface area (Å²) in [4.78, 5) is 14.8. The molecule has 1 unspecified atom stereocenters. The number of nitrogens with zero attached hydrogens (tertiary/aromatic N) is 1. The monoisotopic (exact) mass is 274 g/mol. The van der Waals surface area contributed by atoms with Gasteiger partial charge in [-0.2, -0.15) is 0 Å². The lowest BCUT2D eigenvalue weighted by molar-refractivity contribution is -0.137. The average molecular weight is 274 g/mol. The Balaban J connectivity index is 2.08. The first-order chi connectivity index (χ1) is 9.54. The Morgan fingerprint density at radius 2 is 2.05 bits per heavy atom. The molecule has 1 aromatic rings. The number of carbonyl (C=O) groups excluding carboxylic acids is 1. The second-order valence-electron chi connectivity index (χ2n) is 6.32. The zero-order valence-corrected chi connectivity index (χ0v) is 12.9. The van der Waals surface area contributed by atoms with Crippen LogP contribution in [0.4, 0.5) is 0 Å². The number of nitrogens with one attached hydrogen (secondary N) is 1. The maximum atomic E-state index is 12.8. The summed E-state index contributed by atoms with van der Waals surface area (Å²) >= 11 is 0. The summed E-state index contributed by atoms with van der Waals surface area (Å²) in [5, 5.41) is 3.42. The van der Waals surface area contributed by atoms with Crippen molar-refractivity contribution in [2.24, 2.45) is 5.41 Å². The molecule has 1 amide bonds. The molecule has 1 aliphatic rings. The fourth-order valence-electron chi connectivity index (χ4n) is 2.96. The fraction of sp³-hybridized carbons (Fsp3) is 0.588. The number of likely N-dealkylation sites (N-methyl/N-ethyl adjacent to an activating group) is 1. The van der Waals surface area contributed by atoms with Gasteiger partial charge in [-0.1, -0.05) is 44.2 Å². The summed E-state index contributed by atoms with van der Waals surface area (Å²) in [6.07, 6.45) is 2.26. The van der Waals surface area contributed by atoms with E-state index < -0.39 is 0 Å². The zero-order chi connectivity index (χ0) is 14.6. The quantitative estimate of drug-likeness (QED) is 0.915. The van der Waals surface area contributed by atoms with Crippen molar-refractivity contribution in [3.05, 3.63) is 35.9 Å². The molecule has 0 spiro atoms. The molecule has 1 aromatic carbocycles. The Labute approximate surface area is 122 Å². The van der Waals surface area contributed by atoms with Crippen molar-refractivity contribution >= 4 is 5.91 Å². The lowest BCUT2D eigenvalue weighted by Crippen LogP contribution is -2.56. The molecule has 0 radical (unpaired) electrons. The molecular weight excluding hydrogens is 248 g/mol. The lowest BCUT2D eigenvalue weighted by atomic mass is 9.77. The summed E-state index contributed by atoms with van der Waals surface area (Å²) < 4.78 is 0. The molecule has 1 atom stereocenters. The van der Waals surface area contributed by atoms with Gasteiger partial charge in [-0.3, -0.25) is 4.79 Å². The van der Waals surface area contributed by atoms with E-state index >= 15 is 0 Å². The van der Waals surface area contributed by atoms with Gasteiger partial charge in [-0.15, -0.1) is 0 Å². The number of piperidine rings is 1. The minimum atomic E-state index is -0.0556. The van der Waals surface area contributed by atoms with Crippen molar-refractivity contribution in [3.63, 3.8) is 0 Å². The Kier molecular flexibility index (Phi) is 4.81. The Morgan fingerprint density at radius 3 is 2.65 bits per heavy atom. The molecule has 20 heavy (non-hydrogen) atoms. The Bertz CT molecular complexity index is 442. The molecule has 1 N–H and O–H groups in total. The van der Waals surface area contributed by atoms with Crippen LogP contribution in [0.5, 0.6) is 0 Å². The van der Waals surface area contributed by atoms with E-state index in [1.807, 2.05) is 23.1 Å². The third kappa shape index (κ3) is 3.40. The largest absolute Gasteiger partial charge is 0.337 e. The normalized spacial score (nSPS) is 21.4. The summed E-state index contributed by atoms with van der Waals surface area (Å²) in [6.45, 7) is 8.84. The summed E-state index contributed by atoms with van der Waals surface area (Å²) in [5.74, 6) is 0.237. The highest BCUT2D eigenvalue weighted by atomic mass is 16.2. The van der Waals surface area contributed by atoms with Crippen LogP contribution in [0.2, 0.25) is 0 Å². The van der Waals surface area contributed by atoms with Crippen LogP contribution in [-0.2, 0) is 11.3 Å². The first-order valence-corrected chi connectivity index (χ1v) is 7.60. The van der Waals surface area contributed by atoms with Crippen molar-refractivity contribution in [2.45, 2.75) is 46.2 Å². The van der Waals surface area contributed by atoms with Crippen LogP contribution in [0, 0.1) is 5.41 Å². The highest BCUT2D eigenvalue weighted by Crippen LogP contribution is 2.31. The highest BCUT2D eigenvalue weighted by molar-refractivity contribution is 5.83. The van der Waals surface area contributed by atoms with Crippen molar-refractivity contribution in [1.82, 2.24) is 10.2 Å². The van der Waals surface area contributed by atoms with E-state index in [1.54, 1.807) is 0 Å². The second-order valence-corrected chi connectivity index (χ2v) is 6.32. The van der Waals surface area contributed by atoms with Gasteiger partial charge < -0.3 is 10.2 Å². The highest BCUT2D eigenvalue weighted by Gasteiger charge is 2.38. The molecule has 1 fully saturated rings. The molecule has 0 bridgehead atoms. The molecule has 1 heterocycles. The van der Waals surface area contributed by atoms with Crippen LogP contribution in [0.1, 0.15) is 39.2 Å². The first kappa shape index (κ1) is 15.0. The van der Waals surface area contributed by atoms with E-state index in [0.717, 1.165) is 25.9 Å². The Morgan fingerprint density at radius 1 is 1.35 bits per heavy atom. The van der Waals surface area contributed by atoms with Gasteiger partial charge in [-0.25, -0.2) is 0 Å². The maximum Gasteiger partial charge on any atom is 0.240 e. The van der Waals surface area contributed by atoms with Crippen molar-refractivity contribution in [3.8, 4) is 0 Å². The molecule has 110 valence electrons. The standard InChI is InChI=1S/C17H26N2O/c1-4-19(13-14-9-6-5-7-10-14)16(20)15-17(2,3)11-8-12-18-15/h5-7,9-10,15,18H,4,8,11-13H2,1-3H3. The summed E-state index contributed by atoms with van der Waals surface area (Å²) in [7, 11) is 0. The van der Waals surface area contributed by atoms with Crippen molar-refractivity contribution < 1.29 is 4.79 Å². The maximum absolute atomic E-state index is 12.8. The topological polar surface area (TPSA) is 32.3 Å². The van der Waals surface area contributed by atoms with E-state index in [2.05, 4.69) is 38.2 Å². The molecule has 0 aliphatic carbocycles. The van der Waals surface area contributed by atoms with Gasteiger partial charge in [-0.05, 0) is 37.3 Å². The number of carbonyl (C=O) groups is 1. The van der Waals surface area contributed by atoms with Gasteiger partial charge in [0.15, 0.2) is 0 Å². The van der Waals surface area contributed by atoms with E-state index in [0.29, 0.717) is 6.54 Å². The number of benzene rings is 1. The fourth-order valence-corrected chi connectivity index (χ4v) is 2.96. The van der Waals surface area contributed by atoms with Crippen molar-refractivity contribution in [1.29, 1.82) is 0 Å². The molecule has 1 saturated heterocycles. The molecule has 3 nitrogen and oxygen atoms in total. The average Bonchev–Trinajstić information content (AvgIpc) is 2.45. The number of hydrogen-bond donors (Lipinski definition) is 1. The van der Waals surface area contributed by atoms with Crippen molar-refractivity contribution in [2.75, 3.05) is 13.1 Å². The van der Waals surface area contributed by atoms with E-state index in [-0.39, 0.29) is 17.4 Å². The molecule has 1 aliphatic heterocycles. The van der Waals surface area contributed by atoms with Gasteiger partial charge in [0.05, 0.1) is 6.04 Å². The van der Waals surface area contributed by atoms with Gasteiger partial charge in [0.1, 0.15) is 0 Å². The third-order valence-corrected chi connectivity index (χ3v) is 4.28. The van der Waals surface area contributed by atoms with Gasteiger partial charge in [0, 0.05) is 13.1 Å². The molecule has 0 saturated carbocycles. The van der Waals surface area contributed by atoms with Gasteiger partial charge in [0.2, 0.25) is 5.91 Å². The molecule has 3 heteroatoms. The van der Waals surface area contributed by atoms with E-state index in [4.69, 9.17) is 0 Å². The van der Waals surface area contributed by atoms with Crippen LogP contribution in [0.3, 0.4) is 0 Å². The van der Waals surface area contributed by atoms with E-state index in [1.165, 1.54) is 5.56 Å². The minimum absolute atomic E-state index is 0.0411. The van der Waals surface area contributed by atoms with Gasteiger partial charge in [0.25, 0.3) is 0 Å². The summed E-state index contributed by atoms with van der Waals surface area (Å²) in [6, 6.07) is 10.2. The minimum Gasteiger partial charge on any atom is -0.337 e. The van der Waals surface area contributed by atoms with Crippen LogP contribution in [0.15, 0.2) is 30.3 Å². The zero-order valence-electron chi connectivity index (χ0n) is 12.9. The predicted octanol–water partition coefficient (Wildman–Crippen LogP) is 2.81. The van der Waals surface area contributed by atoms with Crippen LogP contribution in [0.25, 0.3) is 0 Å². The van der Waals surface area contributed by atoms with Crippen LogP contribution in [-0.4, -0.2) is 29.9 Å². The Hall–Kier alpha value is -1.35. The number of rotatable bonds is 4. The second kappa shape index (κ2) is 6.40. The third-order valence-electron chi connectivity index (χ3n) is 4.28. The summed E-state index contributed by atoms with van der Waals surface area (Å²) in [5.41, 5.74) is 1.23. The first-order valence-electron chi connectivity index (χ1n) is 7.60. The molecular formula is C17H26N2O. The number of amides is 1. The lowest BCUT2D eigenvalue weighted by Gasteiger charge is -2.40. The number of hydrogen-bond acceptors (Lipinski definition) is 2. The smallest absolute Gasteiger partial charge is 0.240 e. The molecule has 2 rings (SSSR count). The SMILES string of the molecule is CCN(Cc1ccccc1)C(=O)C1NCCCC1(C)C. The van der Waals surface area contributed by atoms with Crippen LogP contribution >= 0.6 is 0 Å². The van der Waals surface area contributed by atoms with E-state index in [9.17, 15) is 4.79 Å². The van der Waals surface area contributed by atoms with Gasteiger partial charge >= 0.3 is 0 Å². The van der Waals surface area contributed by atoms with Crippen LogP contribution < -0.4 is 5.32 Å². The molecule has 0 aromatic heterocycles. The predicted molar refractivity (Wildman–Crippen MR) is 82.3 cm³/mol.